The fraction of sp³-hybridized carbons (Fsp3) is 0.263. The van der Waals surface area contributed by atoms with Crippen LogP contribution in [0.15, 0.2) is 54.1 Å². The Labute approximate surface area is 120 Å². The van der Waals surface area contributed by atoms with E-state index < -0.39 is 0 Å². The molecule has 0 amide bonds. The summed E-state index contributed by atoms with van der Waals surface area (Å²) in [4.78, 5) is 0. The van der Waals surface area contributed by atoms with E-state index in [4.69, 9.17) is 0 Å². The molecule has 0 atom stereocenters. The molecule has 0 heterocycles. The second-order valence-corrected chi connectivity index (χ2v) is 5.53. The topological polar surface area (TPSA) is 0 Å². The van der Waals surface area contributed by atoms with Gasteiger partial charge in [-0.05, 0) is 49.8 Å². The fourth-order valence-corrected chi connectivity index (χ4v) is 2.99. The summed E-state index contributed by atoms with van der Waals surface area (Å²) < 4.78 is 14.2. The van der Waals surface area contributed by atoms with E-state index >= 15 is 0 Å². The number of hydrogen-bond acceptors (Lipinski definition) is 0. The first kappa shape index (κ1) is 13.1. The molecule has 2 aromatic rings. The standard InChI is InChI=1S/C19H19F/c1-14-10-12-16(13-11-14)19(15-6-2-3-7-15)17-8-4-5-9-18(17)20/h4-5,8-13H,2-3,6-7H2,1H3. The van der Waals surface area contributed by atoms with Crippen LogP contribution in [0.2, 0.25) is 0 Å². The number of benzene rings is 2. The number of hydrogen-bond donors (Lipinski definition) is 0. The van der Waals surface area contributed by atoms with Crippen LogP contribution < -0.4 is 0 Å². The molecule has 1 aliphatic rings. The predicted molar refractivity (Wildman–Crippen MR) is 82.1 cm³/mol. The predicted octanol–water partition coefficient (Wildman–Crippen LogP) is 5.51. The van der Waals surface area contributed by atoms with Gasteiger partial charge in [0.1, 0.15) is 5.82 Å². The maximum atomic E-state index is 14.2. The van der Waals surface area contributed by atoms with Gasteiger partial charge < -0.3 is 0 Å². The second kappa shape index (κ2) is 5.62. The van der Waals surface area contributed by atoms with Crippen molar-refractivity contribution < 1.29 is 4.39 Å². The van der Waals surface area contributed by atoms with E-state index in [0.29, 0.717) is 0 Å². The number of aryl methyl sites for hydroxylation is 1. The second-order valence-electron chi connectivity index (χ2n) is 5.53. The third kappa shape index (κ3) is 2.53. The molecule has 2 aromatic carbocycles. The van der Waals surface area contributed by atoms with Crippen LogP contribution in [0.25, 0.3) is 5.57 Å². The van der Waals surface area contributed by atoms with Crippen molar-refractivity contribution in [3.63, 3.8) is 0 Å². The van der Waals surface area contributed by atoms with E-state index in [-0.39, 0.29) is 5.82 Å². The minimum atomic E-state index is -0.123. The highest BCUT2D eigenvalue weighted by atomic mass is 19.1. The first-order valence-corrected chi connectivity index (χ1v) is 7.29. The summed E-state index contributed by atoms with van der Waals surface area (Å²) in [6, 6.07) is 15.6. The highest BCUT2D eigenvalue weighted by Crippen LogP contribution is 2.36. The summed E-state index contributed by atoms with van der Waals surface area (Å²) in [6.07, 6.45) is 4.63. The zero-order chi connectivity index (χ0) is 13.9. The molecule has 0 aromatic heterocycles. The smallest absolute Gasteiger partial charge is 0.131 e. The van der Waals surface area contributed by atoms with Gasteiger partial charge in [0.05, 0.1) is 0 Å². The maximum absolute atomic E-state index is 14.2. The first-order chi connectivity index (χ1) is 9.75. The van der Waals surface area contributed by atoms with Gasteiger partial charge in [-0.25, -0.2) is 4.39 Å². The normalized spacial score (nSPS) is 14.6. The van der Waals surface area contributed by atoms with Crippen molar-refractivity contribution in [2.24, 2.45) is 0 Å². The van der Waals surface area contributed by atoms with E-state index in [9.17, 15) is 4.39 Å². The van der Waals surface area contributed by atoms with E-state index in [1.54, 1.807) is 12.1 Å². The lowest BCUT2D eigenvalue weighted by molar-refractivity contribution is 0.624. The molecule has 0 saturated heterocycles. The number of halogens is 1. The van der Waals surface area contributed by atoms with E-state index in [2.05, 4.69) is 31.2 Å². The molecule has 1 fully saturated rings. The lowest BCUT2D eigenvalue weighted by atomic mass is 9.91. The molecule has 0 unspecified atom stereocenters. The quantitative estimate of drug-likeness (QED) is 0.672. The summed E-state index contributed by atoms with van der Waals surface area (Å²) in [5.41, 5.74) is 5.63. The fourth-order valence-electron chi connectivity index (χ4n) is 2.99. The van der Waals surface area contributed by atoms with Gasteiger partial charge in [-0.15, -0.1) is 0 Å². The molecule has 20 heavy (non-hydrogen) atoms. The van der Waals surface area contributed by atoms with Crippen LogP contribution in [0, 0.1) is 12.7 Å². The van der Waals surface area contributed by atoms with Crippen molar-refractivity contribution in [3.8, 4) is 0 Å². The maximum Gasteiger partial charge on any atom is 0.131 e. The summed E-state index contributed by atoms with van der Waals surface area (Å²) in [6.45, 7) is 2.08. The molecule has 0 radical (unpaired) electrons. The summed E-state index contributed by atoms with van der Waals surface area (Å²) in [5, 5.41) is 0. The largest absolute Gasteiger partial charge is 0.206 e. The zero-order valence-corrected chi connectivity index (χ0v) is 11.8. The van der Waals surface area contributed by atoms with E-state index in [1.165, 1.54) is 24.0 Å². The molecule has 1 heteroatoms. The van der Waals surface area contributed by atoms with Gasteiger partial charge in [0.25, 0.3) is 0 Å². The van der Waals surface area contributed by atoms with Crippen LogP contribution >= 0.6 is 0 Å². The van der Waals surface area contributed by atoms with Crippen LogP contribution in [0.3, 0.4) is 0 Å². The third-order valence-electron chi connectivity index (χ3n) is 4.04. The Hall–Kier alpha value is -1.89. The molecule has 0 nitrogen and oxygen atoms in total. The summed E-state index contributed by atoms with van der Waals surface area (Å²) in [7, 11) is 0. The molecule has 3 rings (SSSR count). The van der Waals surface area contributed by atoms with E-state index in [1.807, 2.05) is 12.1 Å². The minimum Gasteiger partial charge on any atom is -0.206 e. The number of allylic oxidation sites excluding steroid dienone is 1. The lowest BCUT2D eigenvalue weighted by Crippen LogP contribution is -1.96. The minimum absolute atomic E-state index is 0.123. The molecule has 0 aliphatic heterocycles. The first-order valence-electron chi connectivity index (χ1n) is 7.29. The van der Waals surface area contributed by atoms with Crippen molar-refractivity contribution in [1.82, 2.24) is 0 Å². The van der Waals surface area contributed by atoms with Crippen molar-refractivity contribution >= 4 is 5.57 Å². The van der Waals surface area contributed by atoms with Crippen molar-refractivity contribution in [2.45, 2.75) is 32.6 Å². The Morgan fingerprint density at radius 3 is 2.20 bits per heavy atom. The number of rotatable bonds is 2. The van der Waals surface area contributed by atoms with Crippen LogP contribution in [-0.4, -0.2) is 0 Å². The van der Waals surface area contributed by atoms with E-state index in [0.717, 1.165) is 29.5 Å². The highest BCUT2D eigenvalue weighted by molar-refractivity contribution is 5.82. The molecular formula is C19H19F. The van der Waals surface area contributed by atoms with Crippen molar-refractivity contribution in [3.05, 3.63) is 76.6 Å². The van der Waals surface area contributed by atoms with Crippen molar-refractivity contribution in [1.29, 1.82) is 0 Å². The van der Waals surface area contributed by atoms with Gasteiger partial charge in [0, 0.05) is 5.56 Å². The van der Waals surface area contributed by atoms with Crippen LogP contribution in [-0.2, 0) is 0 Å². The van der Waals surface area contributed by atoms with Crippen LogP contribution in [0.1, 0.15) is 42.4 Å². The molecule has 0 bridgehead atoms. The summed E-state index contributed by atoms with van der Waals surface area (Å²) in [5.74, 6) is -0.123. The Balaban J connectivity index is 2.17. The Morgan fingerprint density at radius 2 is 1.55 bits per heavy atom. The lowest BCUT2D eigenvalue weighted by Gasteiger charge is -2.14. The molecule has 0 N–H and O–H groups in total. The monoisotopic (exact) mass is 266 g/mol. The van der Waals surface area contributed by atoms with Gasteiger partial charge >= 0.3 is 0 Å². The van der Waals surface area contributed by atoms with Gasteiger partial charge in [0.15, 0.2) is 0 Å². The van der Waals surface area contributed by atoms with Gasteiger partial charge in [-0.2, -0.15) is 0 Å². The average molecular weight is 266 g/mol. The van der Waals surface area contributed by atoms with Crippen molar-refractivity contribution in [2.75, 3.05) is 0 Å². The SMILES string of the molecule is Cc1ccc(C(=C2CCCC2)c2ccccc2F)cc1. The third-order valence-corrected chi connectivity index (χ3v) is 4.04. The Morgan fingerprint density at radius 1 is 0.900 bits per heavy atom. The summed E-state index contributed by atoms with van der Waals surface area (Å²) >= 11 is 0. The molecule has 102 valence electrons. The molecular weight excluding hydrogens is 247 g/mol. The van der Waals surface area contributed by atoms with Gasteiger partial charge in [-0.3, -0.25) is 0 Å². The van der Waals surface area contributed by atoms with Gasteiger partial charge in [-0.1, -0.05) is 53.6 Å². The van der Waals surface area contributed by atoms with Crippen LogP contribution in [0.4, 0.5) is 4.39 Å². The Bertz CT molecular complexity index is 627. The average Bonchev–Trinajstić information content (AvgIpc) is 2.97. The highest BCUT2D eigenvalue weighted by Gasteiger charge is 2.18. The molecule has 0 spiro atoms. The van der Waals surface area contributed by atoms with Gasteiger partial charge in [0.2, 0.25) is 0 Å². The van der Waals surface area contributed by atoms with Crippen LogP contribution in [0.5, 0.6) is 0 Å². The Kier molecular flexibility index (Phi) is 3.68. The zero-order valence-electron chi connectivity index (χ0n) is 11.8. The molecule has 1 aliphatic carbocycles. The molecule has 1 saturated carbocycles.